The van der Waals surface area contributed by atoms with Crippen molar-refractivity contribution in [1.82, 2.24) is 5.48 Å². The number of benzene rings is 3. The molecule has 1 unspecified atom stereocenters. The van der Waals surface area contributed by atoms with Gasteiger partial charge in [0.1, 0.15) is 0 Å². The van der Waals surface area contributed by atoms with Crippen molar-refractivity contribution in [3.63, 3.8) is 0 Å². The summed E-state index contributed by atoms with van der Waals surface area (Å²) in [7, 11) is 0. The van der Waals surface area contributed by atoms with Gasteiger partial charge >= 0.3 is 5.97 Å². The molecule has 0 aliphatic rings. The van der Waals surface area contributed by atoms with Crippen LogP contribution in [0.3, 0.4) is 0 Å². The van der Waals surface area contributed by atoms with Gasteiger partial charge in [0, 0.05) is 7.79 Å². The summed E-state index contributed by atoms with van der Waals surface area (Å²) in [6.45, 7) is -0.0624. The molecule has 0 saturated carbocycles. The number of hydrogen-bond acceptors (Lipinski definition) is 3. The van der Waals surface area contributed by atoms with E-state index < -0.39 is 23.4 Å². The van der Waals surface area contributed by atoms with Crippen molar-refractivity contribution in [2.45, 2.75) is 25.3 Å². The van der Waals surface area contributed by atoms with Crippen LogP contribution in [0.5, 0.6) is 0 Å². The SMILES string of the molecule is [2H]CCC(CC(=O)NOC(c1ccccc1)(c1ccccc1)c1ccccc1)C(=O)O. The van der Waals surface area contributed by atoms with Gasteiger partial charge in [-0.1, -0.05) is 97.9 Å². The molecule has 30 heavy (non-hydrogen) atoms. The fourth-order valence-electron chi connectivity index (χ4n) is 3.41. The van der Waals surface area contributed by atoms with Crippen LogP contribution in [0.25, 0.3) is 0 Å². The van der Waals surface area contributed by atoms with E-state index in [1.807, 2.05) is 91.0 Å². The van der Waals surface area contributed by atoms with Crippen molar-refractivity contribution in [2.75, 3.05) is 0 Å². The van der Waals surface area contributed by atoms with Gasteiger partial charge in [-0.15, -0.1) is 0 Å². The third-order valence-electron chi connectivity index (χ3n) is 4.99. The average molecular weight is 404 g/mol. The minimum absolute atomic E-state index is 0.0624. The topological polar surface area (TPSA) is 75.6 Å². The maximum absolute atomic E-state index is 12.6. The Kier molecular flexibility index (Phi) is 6.52. The molecule has 5 heteroatoms. The second kappa shape index (κ2) is 9.85. The second-order valence-corrected chi connectivity index (χ2v) is 6.93. The van der Waals surface area contributed by atoms with Gasteiger partial charge < -0.3 is 5.11 Å². The summed E-state index contributed by atoms with van der Waals surface area (Å²) in [5.41, 5.74) is 3.81. The van der Waals surface area contributed by atoms with Gasteiger partial charge in [0.15, 0.2) is 5.60 Å². The maximum atomic E-state index is 12.6. The fourth-order valence-corrected chi connectivity index (χ4v) is 3.41. The second-order valence-electron chi connectivity index (χ2n) is 6.93. The van der Waals surface area contributed by atoms with Crippen LogP contribution in [0.2, 0.25) is 0 Å². The van der Waals surface area contributed by atoms with Crippen molar-refractivity contribution in [1.29, 1.82) is 0 Å². The van der Waals surface area contributed by atoms with Crippen LogP contribution in [-0.4, -0.2) is 17.0 Å². The highest BCUT2D eigenvalue weighted by Gasteiger charge is 2.39. The van der Waals surface area contributed by atoms with E-state index in [9.17, 15) is 14.7 Å². The zero-order valence-corrected chi connectivity index (χ0v) is 16.5. The number of nitrogens with one attached hydrogen (secondary N) is 1. The molecule has 0 aliphatic carbocycles. The van der Waals surface area contributed by atoms with E-state index in [4.69, 9.17) is 6.21 Å². The number of hydrogen-bond donors (Lipinski definition) is 2. The molecule has 3 aromatic rings. The highest BCUT2D eigenvalue weighted by atomic mass is 16.7. The Bertz CT molecular complexity index is 884. The Morgan fingerprint density at radius 1 is 0.900 bits per heavy atom. The van der Waals surface area contributed by atoms with Crippen LogP contribution in [0.1, 0.15) is 37.8 Å². The van der Waals surface area contributed by atoms with Crippen LogP contribution in [-0.2, 0) is 20.0 Å². The third kappa shape index (κ3) is 4.58. The van der Waals surface area contributed by atoms with E-state index in [0.29, 0.717) is 0 Å². The molecular formula is C25H25NO4. The highest BCUT2D eigenvalue weighted by Crippen LogP contribution is 2.39. The smallest absolute Gasteiger partial charge is 0.307 e. The van der Waals surface area contributed by atoms with Crippen LogP contribution >= 0.6 is 0 Å². The molecule has 3 aromatic carbocycles. The largest absolute Gasteiger partial charge is 0.481 e. The average Bonchev–Trinajstić information content (AvgIpc) is 2.81. The lowest BCUT2D eigenvalue weighted by molar-refractivity contribution is -0.150. The van der Waals surface area contributed by atoms with Gasteiger partial charge in [0.05, 0.1) is 5.92 Å². The molecule has 0 aliphatic heterocycles. The molecule has 0 fully saturated rings. The Morgan fingerprint density at radius 2 is 1.33 bits per heavy atom. The van der Waals surface area contributed by atoms with Gasteiger partial charge in [-0.25, -0.2) is 5.48 Å². The van der Waals surface area contributed by atoms with Crippen molar-refractivity contribution in [3.05, 3.63) is 108 Å². The van der Waals surface area contributed by atoms with E-state index >= 15 is 0 Å². The first-order valence-electron chi connectivity index (χ1n) is 10.4. The number of amides is 1. The Labute approximate surface area is 177 Å². The molecule has 1 atom stereocenters. The number of hydroxylamine groups is 1. The monoisotopic (exact) mass is 404 g/mol. The number of aliphatic carboxylic acids is 1. The molecule has 0 bridgehead atoms. The summed E-state index contributed by atoms with van der Waals surface area (Å²) in [5, 5.41) is 9.31. The molecule has 1 amide bonds. The zero-order chi connectivity index (χ0) is 22.1. The number of carbonyl (C=O) groups is 2. The van der Waals surface area contributed by atoms with Crippen LogP contribution < -0.4 is 5.48 Å². The number of carboxylic acid groups (broad SMARTS) is 1. The summed E-state index contributed by atoms with van der Waals surface area (Å²) in [6, 6.07) is 28.6. The quantitative estimate of drug-likeness (QED) is 0.406. The molecule has 0 saturated heterocycles. The molecule has 2 N–H and O–H groups in total. The molecule has 5 nitrogen and oxygen atoms in total. The van der Waals surface area contributed by atoms with Gasteiger partial charge in [0.25, 0.3) is 0 Å². The number of carbonyl (C=O) groups excluding carboxylic acids is 1. The summed E-state index contributed by atoms with van der Waals surface area (Å²) >= 11 is 0. The molecule has 154 valence electrons. The van der Waals surface area contributed by atoms with Crippen molar-refractivity contribution < 1.29 is 20.9 Å². The lowest BCUT2D eigenvalue weighted by Crippen LogP contribution is -2.41. The Balaban J connectivity index is 2.00. The van der Waals surface area contributed by atoms with E-state index in [-0.39, 0.29) is 19.7 Å². The zero-order valence-electron chi connectivity index (χ0n) is 17.5. The van der Waals surface area contributed by atoms with Gasteiger partial charge in [-0.3, -0.25) is 14.4 Å². The molecule has 0 heterocycles. The van der Waals surface area contributed by atoms with Crippen molar-refractivity contribution in [3.8, 4) is 0 Å². The first-order valence-corrected chi connectivity index (χ1v) is 9.73. The molecule has 0 aromatic heterocycles. The van der Waals surface area contributed by atoms with Crippen molar-refractivity contribution in [2.24, 2.45) is 5.92 Å². The summed E-state index contributed by atoms with van der Waals surface area (Å²) in [4.78, 5) is 30.2. The van der Waals surface area contributed by atoms with Gasteiger partial charge in [0.2, 0.25) is 5.91 Å². The molecule has 0 spiro atoms. The maximum Gasteiger partial charge on any atom is 0.307 e. The van der Waals surface area contributed by atoms with Crippen molar-refractivity contribution >= 4 is 11.9 Å². The first kappa shape index (κ1) is 19.9. The van der Waals surface area contributed by atoms with E-state index in [1.54, 1.807) is 0 Å². The standard InChI is InChI=1S/C25H25NO4/c1-2-19(24(28)29)18-23(27)26-30-25(20-12-6-3-7-13-20,21-14-8-4-9-15-21)22-16-10-5-11-17-22/h3-17,19H,2,18H2,1H3,(H,26,27)(H,28,29)/i1D. The number of rotatable bonds is 9. The minimum atomic E-state index is -1.13. The van der Waals surface area contributed by atoms with Crippen LogP contribution in [0.4, 0.5) is 0 Å². The van der Waals surface area contributed by atoms with E-state index in [2.05, 4.69) is 5.48 Å². The summed E-state index contributed by atoms with van der Waals surface area (Å²) in [6.07, 6.45) is -0.160. The molecule has 0 radical (unpaired) electrons. The molecular weight excluding hydrogens is 378 g/mol. The molecule has 3 rings (SSSR count). The summed E-state index contributed by atoms with van der Waals surface area (Å²) in [5.74, 6) is -2.57. The van der Waals surface area contributed by atoms with Crippen LogP contribution in [0.15, 0.2) is 91.0 Å². The lowest BCUT2D eigenvalue weighted by atomic mass is 9.80. The Morgan fingerprint density at radius 3 is 1.70 bits per heavy atom. The highest BCUT2D eigenvalue weighted by molar-refractivity contribution is 5.81. The van der Waals surface area contributed by atoms with E-state index in [0.717, 1.165) is 16.7 Å². The van der Waals surface area contributed by atoms with Gasteiger partial charge in [-0.05, 0) is 23.1 Å². The van der Waals surface area contributed by atoms with E-state index in [1.165, 1.54) is 0 Å². The first-order chi connectivity index (χ1) is 15.1. The third-order valence-corrected chi connectivity index (χ3v) is 4.99. The van der Waals surface area contributed by atoms with Crippen LogP contribution in [0, 0.1) is 5.92 Å². The summed E-state index contributed by atoms with van der Waals surface area (Å²) < 4.78 is 7.28. The minimum Gasteiger partial charge on any atom is -0.481 e. The predicted octanol–water partition coefficient (Wildman–Crippen LogP) is 4.53. The predicted molar refractivity (Wildman–Crippen MR) is 114 cm³/mol. The number of carboxylic acids is 1. The fraction of sp³-hybridized carbons (Fsp3) is 0.200. The normalized spacial score (nSPS) is 12.6. The van der Waals surface area contributed by atoms with Gasteiger partial charge in [-0.2, -0.15) is 0 Å². The lowest BCUT2D eigenvalue weighted by Gasteiger charge is -2.35. The Hall–Kier alpha value is -3.44.